The van der Waals surface area contributed by atoms with E-state index in [1.165, 1.54) is 0 Å². The molecule has 3 nitrogen and oxygen atoms in total. The van der Waals surface area contributed by atoms with E-state index in [0.717, 1.165) is 0 Å². The lowest BCUT2D eigenvalue weighted by atomic mass is 9.93. The van der Waals surface area contributed by atoms with Crippen LogP contribution in [0.15, 0.2) is 0 Å². The van der Waals surface area contributed by atoms with Crippen molar-refractivity contribution in [2.24, 2.45) is 11.1 Å². The van der Waals surface area contributed by atoms with Crippen molar-refractivity contribution >= 4 is 23.1 Å². The fourth-order valence-corrected chi connectivity index (χ4v) is 0.604. The number of hydrogen-bond acceptors (Lipinski definition) is 2. The van der Waals surface area contributed by atoms with Gasteiger partial charge in [0.2, 0.25) is 5.91 Å². The number of amides is 1. The summed E-state index contributed by atoms with van der Waals surface area (Å²) in [6.07, 6.45) is 0.493. The summed E-state index contributed by atoms with van der Waals surface area (Å²) in [7, 11) is 0. The van der Waals surface area contributed by atoms with E-state index < -0.39 is 0 Å². The highest BCUT2D eigenvalue weighted by atomic mass is 32.1. The van der Waals surface area contributed by atoms with Crippen molar-refractivity contribution in [3.63, 3.8) is 0 Å². The van der Waals surface area contributed by atoms with Gasteiger partial charge in [0, 0.05) is 18.4 Å². The van der Waals surface area contributed by atoms with E-state index in [0.29, 0.717) is 18.0 Å². The van der Waals surface area contributed by atoms with Crippen LogP contribution in [-0.4, -0.2) is 17.4 Å². The Hall–Kier alpha value is -0.640. The van der Waals surface area contributed by atoms with Gasteiger partial charge < -0.3 is 11.1 Å². The average Bonchev–Trinajstić information content (AvgIpc) is 2.00. The molecule has 0 aliphatic heterocycles. The Morgan fingerprint density at radius 1 is 1.58 bits per heavy atom. The average molecular weight is 188 g/mol. The fourth-order valence-electron chi connectivity index (χ4n) is 0.532. The lowest BCUT2D eigenvalue weighted by Crippen LogP contribution is -2.41. The third kappa shape index (κ3) is 3.67. The van der Waals surface area contributed by atoms with Gasteiger partial charge in [0.05, 0.1) is 4.99 Å². The van der Waals surface area contributed by atoms with Crippen LogP contribution in [0.5, 0.6) is 0 Å². The van der Waals surface area contributed by atoms with E-state index in [1.807, 2.05) is 20.8 Å². The first-order valence-corrected chi connectivity index (χ1v) is 4.37. The van der Waals surface area contributed by atoms with Crippen LogP contribution in [0.25, 0.3) is 0 Å². The van der Waals surface area contributed by atoms with E-state index in [2.05, 4.69) is 5.32 Å². The minimum absolute atomic E-state index is 0.0272. The number of carbonyl (C=O) groups excluding carboxylic acids is 1. The first-order chi connectivity index (χ1) is 5.40. The van der Waals surface area contributed by atoms with Crippen LogP contribution in [0, 0.1) is 5.41 Å². The van der Waals surface area contributed by atoms with Crippen molar-refractivity contribution in [3.05, 3.63) is 0 Å². The summed E-state index contributed by atoms with van der Waals surface area (Å²) in [6.45, 7) is 6.13. The smallest absolute Gasteiger partial charge is 0.219 e. The van der Waals surface area contributed by atoms with E-state index in [9.17, 15) is 4.79 Å². The molecule has 0 aromatic carbocycles. The largest absolute Gasteiger partial charge is 0.393 e. The van der Waals surface area contributed by atoms with Crippen LogP contribution in [-0.2, 0) is 4.79 Å². The minimum Gasteiger partial charge on any atom is -0.393 e. The second-order valence-electron chi connectivity index (χ2n) is 3.38. The monoisotopic (exact) mass is 188 g/mol. The molecule has 70 valence electrons. The van der Waals surface area contributed by atoms with Crippen molar-refractivity contribution in [1.29, 1.82) is 0 Å². The Balaban J connectivity index is 3.92. The molecular weight excluding hydrogens is 172 g/mol. The molecule has 0 aromatic heterocycles. The van der Waals surface area contributed by atoms with Crippen LogP contribution in [0.2, 0.25) is 0 Å². The molecule has 0 spiro atoms. The maximum atomic E-state index is 10.9. The molecule has 0 aliphatic carbocycles. The summed E-state index contributed by atoms with van der Waals surface area (Å²) >= 11 is 4.85. The number of nitrogens with two attached hydrogens (primary N) is 1. The molecule has 0 heterocycles. The van der Waals surface area contributed by atoms with Gasteiger partial charge in [0.1, 0.15) is 0 Å². The predicted octanol–water partition coefficient (Wildman–Crippen LogP) is 0.825. The zero-order valence-corrected chi connectivity index (χ0v) is 8.62. The summed E-state index contributed by atoms with van der Waals surface area (Å²) in [5.41, 5.74) is 5.19. The molecule has 0 radical (unpaired) electrons. The Bertz CT molecular complexity index is 189. The number of carbonyl (C=O) groups is 1. The van der Waals surface area contributed by atoms with Crippen molar-refractivity contribution in [2.75, 3.05) is 6.54 Å². The molecule has 12 heavy (non-hydrogen) atoms. The minimum atomic E-state index is -0.292. The number of nitrogens with one attached hydrogen (secondary N) is 1. The van der Waals surface area contributed by atoms with Crippen molar-refractivity contribution in [2.45, 2.75) is 27.2 Å². The topological polar surface area (TPSA) is 55.1 Å². The highest BCUT2D eigenvalue weighted by molar-refractivity contribution is 7.80. The van der Waals surface area contributed by atoms with Gasteiger partial charge in [-0.2, -0.15) is 0 Å². The molecule has 3 N–H and O–H groups in total. The number of thiocarbonyl (C=S) groups is 1. The summed E-state index contributed by atoms with van der Waals surface area (Å²) in [4.78, 5) is 11.3. The summed E-state index contributed by atoms with van der Waals surface area (Å²) < 4.78 is 0. The maximum absolute atomic E-state index is 10.9. The van der Waals surface area contributed by atoms with Crippen LogP contribution in [0.3, 0.4) is 0 Å². The van der Waals surface area contributed by atoms with Gasteiger partial charge in [-0.1, -0.05) is 33.0 Å². The third-order valence-electron chi connectivity index (χ3n) is 1.72. The standard InChI is InChI=1S/C8H16N2OS/c1-4-6(11)10-5-8(2,3)7(9)12/h4-5H2,1-3H3,(H2,9,12)(H,10,11). The molecule has 0 rings (SSSR count). The quantitative estimate of drug-likeness (QED) is 0.642. The number of rotatable bonds is 4. The van der Waals surface area contributed by atoms with Gasteiger partial charge in [-0.3, -0.25) is 4.79 Å². The first-order valence-electron chi connectivity index (χ1n) is 3.96. The summed E-state index contributed by atoms with van der Waals surface area (Å²) in [6, 6.07) is 0. The number of hydrogen-bond donors (Lipinski definition) is 2. The normalized spacial score (nSPS) is 10.9. The lowest BCUT2D eigenvalue weighted by molar-refractivity contribution is -0.121. The molecule has 4 heteroatoms. The second kappa shape index (κ2) is 4.40. The Kier molecular flexibility index (Phi) is 4.17. The Morgan fingerprint density at radius 3 is 2.42 bits per heavy atom. The summed E-state index contributed by atoms with van der Waals surface area (Å²) in [5, 5.41) is 2.75. The molecule has 0 aliphatic rings. The van der Waals surface area contributed by atoms with E-state index in [4.69, 9.17) is 18.0 Å². The van der Waals surface area contributed by atoms with Crippen LogP contribution < -0.4 is 11.1 Å². The van der Waals surface area contributed by atoms with Gasteiger partial charge >= 0.3 is 0 Å². The molecule has 0 bridgehead atoms. The molecule has 1 amide bonds. The fraction of sp³-hybridized carbons (Fsp3) is 0.750. The Labute approximate surface area is 78.7 Å². The second-order valence-corrected chi connectivity index (χ2v) is 3.82. The Morgan fingerprint density at radius 2 is 2.08 bits per heavy atom. The SMILES string of the molecule is CCC(=O)NCC(C)(C)C(N)=S. The van der Waals surface area contributed by atoms with E-state index >= 15 is 0 Å². The van der Waals surface area contributed by atoms with Crippen molar-refractivity contribution in [3.8, 4) is 0 Å². The van der Waals surface area contributed by atoms with Crippen molar-refractivity contribution in [1.82, 2.24) is 5.32 Å². The highest BCUT2D eigenvalue weighted by Crippen LogP contribution is 2.13. The van der Waals surface area contributed by atoms with Crippen molar-refractivity contribution < 1.29 is 4.79 Å². The van der Waals surface area contributed by atoms with Gasteiger partial charge in [0.25, 0.3) is 0 Å². The first kappa shape index (κ1) is 11.4. The molecular formula is C8H16N2OS. The lowest BCUT2D eigenvalue weighted by Gasteiger charge is -2.23. The zero-order valence-electron chi connectivity index (χ0n) is 7.81. The van der Waals surface area contributed by atoms with Crippen LogP contribution in [0.4, 0.5) is 0 Å². The van der Waals surface area contributed by atoms with E-state index in [-0.39, 0.29) is 11.3 Å². The van der Waals surface area contributed by atoms with Gasteiger partial charge in [-0.15, -0.1) is 0 Å². The van der Waals surface area contributed by atoms with Gasteiger partial charge in [0.15, 0.2) is 0 Å². The molecule has 0 atom stereocenters. The summed E-state index contributed by atoms with van der Waals surface area (Å²) in [5.74, 6) is 0.0272. The zero-order chi connectivity index (χ0) is 9.78. The van der Waals surface area contributed by atoms with Gasteiger partial charge in [-0.25, -0.2) is 0 Å². The third-order valence-corrected chi connectivity index (χ3v) is 2.27. The highest BCUT2D eigenvalue weighted by Gasteiger charge is 2.21. The molecule has 0 saturated carbocycles. The van der Waals surface area contributed by atoms with Gasteiger partial charge in [-0.05, 0) is 0 Å². The molecule has 0 fully saturated rings. The molecule has 0 saturated heterocycles. The predicted molar refractivity (Wildman–Crippen MR) is 53.9 cm³/mol. The van der Waals surface area contributed by atoms with Crippen LogP contribution >= 0.6 is 12.2 Å². The molecule has 0 aromatic rings. The van der Waals surface area contributed by atoms with Crippen LogP contribution in [0.1, 0.15) is 27.2 Å². The van der Waals surface area contributed by atoms with E-state index in [1.54, 1.807) is 0 Å². The molecule has 0 unspecified atom stereocenters. The maximum Gasteiger partial charge on any atom is 0.219 e.